The van der Waals surface area contributed by atoms with Gasteiger partial charge in [0.05, 0.1) is 12.0 Å². The van der Waals surface area contributed by atoms with Gasteiger partial charge in [-0.25, -0.2) is 8.42 Å². The van der Waals surface area contributed by atoms with Gasteiger partial charge in [0.2, 0.25) is 10.0 Å². The number of aryl methyl sites for hydroxylation is 1. The van der Waals surface area contributed by atoms with Crippen LogP contribution in [-0.2, 0) is 14.8 Å². The SMILES string of the molecule is COc1ccc(S(=O)(=O)N2CC3(CCOCC3)C2C2CC2)c(C)c1. The first-order valence-electron chi connectivity index (χ1n) is 8.72. The molecule has 2 aliphatic heterocycles. The number of sulfonamides is 1. The second kappa shape index (κ2) is 5.71. The van der Waals surface area contributed by atoms with E-state index in [1.807, 2.05) is 6.92 Å². The molecule has 1 unspecified atom stereocenters. The van der Waals surface area contributed by atoms with E-state index >= 15 is 0 Å². The fourth-order valence-electron chi connectivity index (χ4n) is 4.47. The molecule has 1 saturated carbocycles. The van der Waals surface area contributed by atoms with Crippen molar-refractivity contribution >= 4 is 10.0 Å². The van der Waals surface area contributed by atoms with Gasteiger partial charge in [0.25, 0.3) is 0 Å². The number of methoxy groups -OCH3 is 1. The molecule has 1 aromatic rings. The third kappa shape index (κ3) is 2.47. The summed E-state index contributed by atoms with van der Waals surface area (Å²) < 4.78 is 39.0. The predicted molar refractivity (Wildman–Crippen MR) is 90.6 cm³/mol. The second-order valence-corrected chi connectivity index (χ2v) is 9.30. The maximum atomic E-state index is 13.3. The van der Waals surface area contributed by atoms with E-state index in [4.69, 9.17) is 9.47 Å². The van der Waals surface area contributed by atoms with Crippen molar-refractivity contribution in [2.45, 2.75) is 43.5 Å². The Balaban J connectivity index is 1.65. The lowest BCUT2D eigenvalue weighted by Crippen LogP contribution is -2.68. The first-order valence-corrected chi connectivity index (χ1v) is 10.2. The lowest BCUT2D eigenvalue weighted by Gasteiger charge is -2.58. The standard InChI is InChI=1S/C18H25NO4S/c1-13-11-15(22-2)5-6-16(13)24(20,21)19-12-18(7-9-23-10-8-18)17(19)14-3-4-14/h5-6,11,14,17H,3-4,7-10,12H2,1-2H3. The first kappa shape index (κ1) is 16.4. The van der Waals surface area contributed by atoms with Gasteiger partial charge in [0.15, 0.2) is 0 Å². The number of hydrogen-bond acceptors (Lipinski definition) is 4. The highest BCUT2D eigenvalue weighted by molar-refractivity contribution is 7.89. The molecule has 24 heavy (non-hydrogen) atoms. The molecular weight excluding hydrogens is 326 g/mol. The summed E-state index contributed by atoms with van der Waals surface area (Å²) >= 11 is 0. The van der Waals surface area contributed by atoms with Gasteiger partial charge < -0.3 is 9.47 Å². The predicted octanol–water partition coefficient (Wildman–Crippen LogP) is 2.58. The van der Waals surface area contributed by atoms with Gasteiger partial charge in [-0.15, -0.1) is 0 Å². The zero-order valence-electron chi connectivity index (χ0n) is 14.3. The summed E-state index contributed by atoms with van der Waals surface area (Å²) in [6.07, 6.45) is 4.28. The molecule has 6 heteroatoms. The zero-order chi connectivity index (χ0) is 16.9. The van der Waals surface area contributed by atoms with Gasteiger partial charge in [0.1, 0.15) is 5.75 Å². The topological polar surface area (TPSA) is 55.8 Å². The van der Waals surface area contributed by atoms with E-state index in [2.05, 4.69) is 0 Å². The normalized spacial score (nSPS) is 27.0. The van der Waals surface area contributed by atoms with Crippen molar-refractivity contribution < 1.29 is 17.9 Å². The van der Waals surface area contributed by atoms with E-state index in [9.17, 15) is 8.42 Å². The summed E-state index contributed by atoms with van der Waals surface area (Å²) in [6, 6.07) is 5.37. The molecule has 0 radical (unpaired) electrons. The number of hydrogen-bond donors (Lipinski definition) is 0. The Hall–Kier alpha value is -1.11. The maximum absolute atomic E-state index is 13.3. The van der Waals surface area contributed by atoms with Crippen LogP contribution in [0.3, 0.4) is 0 Å². The summed E-state index contributed by atoms with van der Waals surface area (Å²) in [5.41, 5.74) is 0.893. The van der Waals surface area contributed by atoms with Crippen molar-refractivity contribution in [2.75, 3.05) is 26.9 Å². The average Bonchev–Trinajstić information content (AvgIpc) is 3.37. The van der Waals surface area contributed by atoms with Crippen LogP contribution in [0, 0.1) is 18.3 Å². The van der Waals surface area contributed by atoms with Crippen LogP contribution in [0.5, 0.6) is 5.75 Å². The van der Waals surface area contributed by atoms with E-state index in [0.717, 1.165) is 44.5 Å². The average molecular weight is 351 g/mol. The molecule has 1 atom stereocenters. The van der Waals surface area contributed by atoms with Crippen LogP contribution >= 0.6 is 0 Å². The Labute approximate surface area is 144 Å². The third-order valence-electron chi connectivity index (χ3n) is 5.93. The van der Waals surface area contributed by atoms with Crippen LogP contribution in [0.25, 0.3) is 0 Å². The lowest BCUT2D eigenvalue weighted by molar-refractivity contribution is -0.101. The Bertz CT molecular complexity index is 735. The maximum Gasteiger partial charge on any atom is 0.243 e. The van der Waals surface area contributed by atoms with Crippen molar-refractivity contribution in [2.24, 2.45) is 11.3 Å². The summed E-state index contributed by atoms with van der Waals surface area (Å²) in [4.78, 5) is 0.413. The molecule has 3 aliphatic rings. The molecule has 1 aliphatic carbocycles. The molecule has 1 aromatic carbocycles. The van der Waals surface area contributed by atoms with Gasteiger partial charge in [-0.1, -0.05) is 0 Å². The van der Waals surface area contributed by atoms with Crippen molar-refractivity contribution in [3.63, 3.8) is 0 Å². The Kier molecular flexibility index (Phi) is 3.90. The van der Waals surface area contributed by atoms with Crippen LogP contribution < -0.4 is 4.74 Å². The van der Waals surface area contributed by atoms with Crippen LogP contribution in [-0.4, -0.2) is 45.6 Å². The number of rotatable bonds is 4. The smallest absolute Gasteiger partial charge is 0.243 e. The third-order valence-corrected chi connectivity index (χ3v) is 7.92. The number of nitrogens with zero attached hydrogens (tertiary/aromatic N) is 1. The van der Waals surface area contributed by atoms with E-state index in [1.54, 1.807) is 29.6 Å². The Morgan fingerprint density at radius 1 is 1.25 bits per heavy atom. The van der Waals surface area contributed by atoms with Gasteiger partial charge in [-0.3, -0.25) is 0 Å². The number of benzene rings is 1. The largest absolute Gasteiger partial charge is 0.497 e. The fourth-order valence-corrected chi connectivity index (χ4v) is 6.55. The quantitative estimate of drug-likeness (QED) is 0.837. The van der Waals surface area contributed by atoms with E-state index in [1.165, 1.54) is 0 Å². The number of ether oxygens (including phenoxy) is 2. The minimum absolute atomic E-state index is 0.146. The summed E-state index contributed by atoms with van der Waals surface area (Å²) in [5, 5.41) is 0. The van der Waals surface area contributed by atoms with Gasteiger partial charge >= 0.3 is 0 Å². The molecule has 132 valence electrons. The lowest BCUT2D eigenvalue weighted by atomic mass is 9.66. The van der Waals surface area contributed by atoms with E-state index in [0.29, 0.717) is 23.1 Å². The minimum atomic E-state index is -3.45. The molecule has 0 aromatic heterocycles. The Morgan fingerprint density at radius 3 is 2.54 bits per heavy atom. The van der Waals surface area contributed by atoms with Gasteiger partial charge in [0, 0.05) is 31.2 Å². The molecule has 0 bridgehead atoms. The molecular formula is C18H25NO4S. The minimum Gasteiger partial charge on any atom is -0.497 e. The van der Waals surface area contributed by atoms with Crippen LogP contribution in [0.4, 0.5) is 0 Å². The summed E-state index contributed by atoms with van der Waals surface area (Å²) in [7, 11) is -1.86. The van der Waals surface area contributed by atoms with Crippen molar-refractivity contribution in [3.8, 4) is 5.75 Å². The van der Waals surface area contributed by atoms with Crippen molar-refractivity contribution in [1.29, 1.82) is 0 Å². The molecule has 0 N–H and O–H groups in total. The van der Waals surface area contributed by atoms with Crippen LogP contribution in [0.1, 0.15) is 31.2 Å². The highest BCUT2D eigenvalue weighted by atomic mass is 32.2. The molecule has 4 rings (SSSR count). The summed E-state index contributed by atoms with van der Waals surface area (Å²) in [6.45, 7) is 4.01. The molecule has 0 amide bonds. The monoisotopic (exact) mass is 351 g/mol. The fraction of sp³-hybridized carbons (Fsp3) is 0.667. The Morgan fingerprint density at radius 2 is 1.96 bits per heavy atom. The van der Waals surface area contributed by atoms with E-state index in [-0.39, 0.29) is 11.5 Å². The van der Waals surface area contributed by atoms with E-state index < -0.39 is 10.0 Å². The first-order chi connectivity index (χ1) is 11.5. The van der Waals surface area contributed by atoms with Gasteiger partial charge in [-0.05, 0) is 62.3 Å². The molecule has 2 saturated heterocycles. The highest BCUT2D eigenvalue weighted by Gasteiger charge is 2.61. The van der Waals surface area contributed by atoms with Crippen molar-refractivity contribution in [3.05, 3.63) is 23.8 Å². The van der Waals surface area contributed by atoms with Crippen molar-refractivity contribution in [1.82, 2.24) is 4.31 Å². The van der Waals surface area contributed by atoms with Crippen LogP contribution in [0.15, 0.2) is 23.1 Å². The molecule has 3 fully saturated rings. The molecule has 5 nitrogen and oxygen atoms in total. The zero-order valence-corrected chi connectivity index (χ0v) is 15.1. The van der Waals surface area contributed by atoms with Crippen LogP contribution in [0.2, 0.25) is 0 Å². The second-order valence-electron chi connectivity index (χ2n) is 7.44. The van der Waals surface area contributed by atoms with Gasteiger partial charge in [-0.2, -0.15) is 4.31 Å². The molecule has 2 heterocycles. The summed E-state index contributed by atoms with van der Waals surface area (Å²) in [5.74, 6) is 1.22. The molecule has 1 spiro atoms. The highest BCUT2D eigenvalue weighted by Crippen LogP contribution is 2.56.